The van der Waals surface area contributed by atoms with Gasteiger partial charge in [0.05, 0.1) is 22.3 Å². The van der Waals surface area contributed by atoms with Gasteiger partial charge in [0.2, 0.25) is 11.9 Å². The second kappa shape index (κ2) is 8.84. The van der Waals surface area contributed by atoms with Crippen molar-refractivity contribution in [3.05, 3.63) is 68.3 Å². The lowest BCUT2D eigenvalue weighted by Gasteiger charge is -2.39. The van der Waals surface area contributed by atoms with Crippen LogP contribution in [0.1, 0.15) is 35.3 Å². The molecule has 37 heavy (non-hydrogen) atoms. The van der Waals surface area contributed by atoms with Gasteiger partial charge in [-0.3, -0.25) is 14.7 Å². The van der Waals surface area contributed by atoms with Gasteiger partial charge in [-0.2, -0.15) is 4.98 Å². The van der Waals surface area contributed by atoms with Gasteiger partial charge >= 0.3 is 0 Å². The maximum Gasteiger partial charge on any atom is 0.270 e. The van der Waals surface area contributed by atoms with Crippen LogP contribution in [-0.2, 0) is 12.0 Å². The minimum atomic E-state index is -0.337. The van der Waals surface area contributed by atoms with E-state index in [1.165, 1.54) is 22.2 Å². The minimum Gasteiger partial charge on any atom is -0.324 e. The molecule has 3 aliphatic heterocycles. The van der Waals surface area contributed by atoms with Crippen molar-refractivity contribution in [1.29, 1.82) is 0 Å². The molecule has 0 radical (unpaired) electrons. The van der Waals surface area contributed by atoms with Crippen LogP contribution < -0.4 is 15.1 Å². The molecule has 1 aromatic heterocycles. The summed E-state index contributed by atoms with van der Waals surface area (Å²) in [5.74, 6) is 0.958. The Hall–Kier alpha value is -2.91. The summed E-state index contributed by atoms with van der Waals surface area (Å²) in [5, 5.41) is 4.71. The van der Waals surface area contributed by atoms with E-state index >= 15 is 0 Å². The number of aromatic nitrogens is 2. The molecule has 11 heteroatoms. The summed E-state index contributed by atoms with van der Waals surface area (Å²) in [6, 6.07) is 9.12. The highest BCUT2D eigenvalue weighted by atomic mass is 35.5. The molecule has 1 N–H and O–H groups in total. The summed E-state index contributed by atoms with van der Waals surface area (Å²) < 4.78 is 0. The minimum absolute atomic E-state index is 0.0530. The SMILES string of the molecule is CN1Cc2cc(Nc3ncc4c(n3)N3CCN=C3N(c3c(Cl)cccc3Cl)C4=O)cc(Cl)c2C(C)(C)C1. The van der Waals surface area contributed by atoms with Crippen LogP contribution in [0.2, 0.25) is 15.1 Å². The molecule has 4 heterocycles. The molecule has 6 rings (SSSR count). The Morgan fingerprint density at radius 3 is 2.59 bits per heavy atom. The largest absolute Gasteiger partial charge is 0.324 e. The van der Waals surface area contributed by atoms with Crippen molar-refractivity contribution >= 4 is 69.8 Å². The molecule has 0 fully saturated rings. The van der Waals surface area contributed by atoms with Crippen molar-refractivity contribution in [1.82, 2.24) is 14.9 Å². The van der Waals surface area contributed by atoms with Crippen LogP contribution in [0.5, 0.6) is 0 Å². The van der Waals surface area contributed by atoms with Crippen molar-refractivity contribution in [2.75, 3.05) is 41.8 Å². The van der Waals surface area contributed by atoms with E-state index in [9.17, 15) is 4.79 Å². The number of carbonyl (C=O) groups excluding carboxylic acids is 1. The molecule has 3 aromatic rings. The van der Waals surface area contributed by atoms with Gasteiger partial charge in [-0.15, -0.1) is 0 Å². The first-order valence-corrected chi connectivity index (χ1v) is 13.0. The van der Waals surface area contributed by atoms with Crippen LogP contribution in [0, 0.1) is 0 Å². The van der Waals surface area contributed by atoms with Gasteiger partial charge in [-0.25, -0.2) is 9.88 Å². The first-order chi connectivity index (χ1) is 17.6. The van der Waals surface area contributed by atoms with E-state index in [0.29, 0.717) is 57.1 Å². The molecular formula is C26H24Cl3N7O. The fourth-order valence-corrected chi connectivity index (χ4v) is 6.64. The van der Waals surface area contributed by atoms with Gasteiger partial charge in [0.25, 0.3) is 5.91 Å². The zero-order valence-corrected chi connectivity index (χ0v) is 22.8. The number of carbonyl (C=O) groups is 1. The van der Waals surface area contributed by atoms with Crippen LogP contribution >= 0.6 is 34.8 Å². The van der Waals surface area contributed by atoms with Crippen LogP contribution in [0.4, 0.5) is 23.1 Å². The maximum atomic E-state index is 13.6. The molecule has 3 aliphatic rings. The molecule has 0 saturated heterocycles. The quantitative estimate of drug-likeness (QED) is 0.443. The lowest BCUT2D eigenvalue weighted by molar-refractivity contribution is 0.1000. The zero-order chi connectivity index (χ0) is 26.1. The standard InChI is InChI=1S/C26H24Cl3N7O/c1-26(2)13-34(3)12-14-9-15(10-19(29)20(14)26)32-24-31-11-16-22(33-24)35-8-7-30-25(35)36(23(16)37)21-17(27)5-4-6-18(21)28/h4-6,9-11H,7-8,12-13H2,1-3H3,(H,31,32,33). The van der Waals surface area contributed by atoms with Crippen molar-refractivity contribution in [2.45, 2.75) is 25.8 Å². The summed E-state index contributed by atoms with van der Waals surface area (Å²) in [4.78, 5) is 33.0. The number of benzene rings is 2. The number of amides is 1. The van der Waals surface area contributed by atoms with E-state index in [1.807, 2.05) is 11.0 Å². The van der Waals surface area contributed by atoms with Crippen molar-refractivity contribution < 1.29 is 4.79 Å². The van der Waals surface area contributed by atoms with E-state index in [2.05, 4.69) is 47.2 Å². The zero-order valence-electron chi connectivity index (χ0n) is 20.5. The summed E-state index contributed by atoms with van der Waals surface area (Å²) in [6.07, 6.45) is 1.52. The van der Waals surface area contributed by atoms with E-state index in [1.54, 1.807) is 18.2 Å². The molecule has 1 amide bonds. The van der Waals surface area contributed by atoms with Gasteiger partial charge in [0.1, 0.15) is 5.56 Å². The predicted octanol–water partition coefficient (Wildman–Crippen LogP) is 5.74. The number of halogens is 3. The Kier molecular flexibility index (Phi) is 5.84. The molecule has 2 aromatic carbocycles. The first-order valence-electron chi connectivity index (χ1n) is 11.9. The van der Waals surface area contributed by atoms with Gasteiger partial charge in [0, 0.05) is 42.0 Å². The number of fused-ring (bicyclic) bond motifs is 4. The van der Waals surface area contributed by atoms with Gasteiger partial charge in [0.15, 0.2) is 5.82 Å². The Bertz CT molecular complexity index is 1470. The van der Waals surface area contributed by atoms with E-state index in [0.717, 1.165) is 18.8 Å². The average molecular weight is 557 g/mol. The number of hydrogen-bond acceptors (Lipinski definition) is 7. The van der Waals surface area contributed by atoms with Crippen LogP contribution in [0.15, 0.2) is 41.5 Å². The molecule has 190 valence electrons. The number of anilines is 4. The highest BCUT2D eigenvalue weighted by Gasteiger charge is 2.41. The lowest BCUT2D eigenvalue weighted by Crippen LogP contribution is -2.51. The third-order valence-electron chi connectivity index (χ3n) is 6.85. The van der Waals surface area contributed by atoms with Gasteiger partial charge in [-0.1, -0.05) is 54.7 Å². The Labute approximate surface area is 229 Å². The Balaban J connectivity index is 1.37. The van der Waals surface area contributed by atoms with E-state index in [4.69, 9.17) is 39.8 Å². The molecule has 0 bridgehead atoms. The second-order valence-corrected chi connectivity index (χ2v) is 11.4. The van der Waals surface area contributed by atoms with Crippen molar-refractivity contribution in [3.63, 3.8) is 0 Å². The van der Waals surface area contributed by atoms with Crippen molar-refractivity contribution in [2.24, 2.45) is 4.99 Å². The topological polar surface area (TPSA) is 77.0 Å². The number of para-hydroxylation sites is 1. The average Bonchev–Trinajstić information content (AvgIpc) is 3.29. The fourth-order valence-electron chi connectivity index (χ4n) is 5.58. The summed E-state index contributed by atoms with van der Waals surface area (Å²) in [5.41, 5.74) is 3.81. The third kappa shape index (κ3) is 4.03. The van der Waals surface area contributed by atoms with Gasteiger partial charge < -0.3 is 10.2 Å². The Morgan fingerprint density at radius 1 is 1.08 bits per heavy atom. The number of hydrogen-bond donors (Lipinski definition) is 1. The number of guanidine groups is 1. The van der Waals surface area contributed by atoms with E-state index in [-0.39, 0.29) is 11.3 Å². The first kappa shape index (κ1) is 24.4. The molecule has 0 spiro atoms. The molecule has 0 unspecified atom stereocenters. The molecule has 0 saturated carbocycles. The highest BCUT2D eigenvalue weighted by molar-refractivity contribution is 6.43. The maximum absolute atomic E-state index is 13.6. The summed E-state index contributed by atoms with van der Waals surface area (Å²) >= 11 is 19.6. The normalized spacial score (nSPS) is 18.3. The van der Waals surface area contributed by atoms with E-state index < -0.39 is 0 Å². The monoisotopic (exact) mass is 555 g/mol. The number of rotatable bonds is 3. The predicted molar refractivity (Wildman–Crippen MR) is 149 cm³/mol. The van der Waals surface area contributed by atoms with Gasteiger partial charge in [-0.05, 0) is 42.4 Å². The number of nitrogens with zero attached hydrogens (tertiary/aromatic N) is 6. The summed E-state index contributed by atoms with van der Waals surface area (Å²) in [7, 11) is 2.11. The fraction of sp³-hybridized carbons (Fsp3) is 0.308. The molecule has 8 nitrogen and oxygen atoms in total. The smallest absolute Gasteiger partial charge is 0.270 e. The molecule has 0 atom stereocenters. The highest BCUT2D eigenvalue weighted by Crippen LogP contribution is 2.41. The summed E-state index contributed by atoms with van der Waals surface area (Å²) in [6.45, 7) is 7.23. The van der Waals surface area contributed by atoms with Crippen LogP contribution in [-0.4, -0.2) is 53.4 Å². The number of nitrogens with one attached hydrogen (secondary N) is 1. The Morgan fingerprint density at radius 2 is 1.84 bits per heavy atom. The number of likely N-dealkylation sites (N-methyl/N-ethyl adjacent to an activating group) is 1. The lowest BCUT2D eigenvalue weighted by atomic mass is 9.78. The second-order valence-electron chi connectivity index (χ2n) is 10.1. The molecule has 0 aliphatic carbocycles. The van der Waals surface area contributed by atoms with Crippen LogP contribution in [0.3, 0.4) is 0 Å². The number of aliphatic imine (C=N–C) groups is 1. The van der Waals surface area contributed by atoms with Crippen molar-refractivity contribution in [3.8, 4) is 0 Å². The van der Waals surface area contributed by atoms with Crippen LogP contribution in [0.25, 0.3) is 0 Å². The molecular weight excluding hydrogens is 533 g/mol. The third-order valence-corrected chi connectivity index (χ3v) is 7.76.